The molecule has 0 saturated carbocycles. The Balaban J connectivity index is 1.64. The number of nitrogens with zero attached hydrogens (tertiary/aromatic N) is 4. The number of benzene rings is 1. The zero-order chi connectivity index (χ0) is 17.1. The lowest BCUT2D eigenvalue weighted by atomic mass is 10.2. The molecule has 2 aromatic rings. The Morgan fingerprint density at radius 3 is 2.42 bits per heavy atom. The van der Waals surface area contributed by atoms with Crippen molar-refractivity contribution in [2.24, 2.45) is 0 Å². The van der Waals surface area contributed by atoms with Crippen LogP contribution in [0.1, 0.15) is 10.4 Å². The van der Waals surface area contributed by atoms with Crippen LogP contribution in [0.5, 0.6) is 5.88 Å². The lowest BCUT2D eigenvalue weighted by molar-refractivity contribution is 0.0746. The Kier molecular flexibility index (Phi) is 5.06. The van der Waals surface area contributed by atoms with Crippen LogP contribution < -0.4 is 9.64 Å². The molecule has 3 rings (SSSR count). The van der Waals surface area contributed by atoms with Crippen LogP contribution in [0.15, 0.2) is 30.3 Å². The van der Waals surface area contributed by atoms with Crippen LogP contribution in [-0.2, 0) is 0 Å². The van der Waals surface area contributed by atoms with Crippen LogP contribution in [0.4, 0.5) is 5.82 Å². The molecule has 1 saturated heterocycles. The molecular formula is C16H16Cl2N4O2. The van der Waals surface area contributed by atoms with Crippen molar-refractivity contribution in [2.45, 2.75) is 0 Å². The first-order valence-electron chi connectivity index (χ1n) is 7.45. The molecule has 0 radical (unpaired) electrons. The second-order valence-corrected chi connectivity index (χ2v) is 6.18. The molecule has 1 aliphatic heterocycles. The lowest BCUT2D eigenvalue weighted by Gasteiger charge is -2.35. The summed E-state index contributed by atoms with van der Waals surface area (Å²) < 4.78 is 5.01. The monoisotopic (exact) mass is 366 g/mol. The van der Waals surface area contributed by atoms with Gasteiger partial charge in [-0.25, -0.2) is 0 Å². The van der Waals surface area contributed by atoms with Gasteiger partial charge >= 0.3 is 0 Å². The van der Waals surface area contributed by atoms with Crippen molar-refractivity contribution in [3.8, 4) is 5.88 Å². The molecule has 1 fully saturated rings. The number of hydrogen-bond acceptors (Lipinski definition) is 5. The van der Waals surface area contributed by atoms with Crippen LogP contribution in [-0.4, -0.2) is 54.3 Å². The van der Waals surface area contributed by atoms with E-state index < -0.39 is 0 Å². The Morgan fingerprint density at radius 1 is 1.08 bits per heavy atom. The first kappa shape index (κ1) is 16.8. The summed E-state index contributed by atoms with van der Waals surface area (Å²) in [6.45, 7) is 2.53. The highest BCUT2D eigenvalue weighted by Crippen LogP contribution is 2.23. The molecule has 24 heavy (non-hydrogen) atoms. The van der Waals surface area contributed by atoms with Gasteiger partial charge in [0.05, 0.1) is 17.7 Å². The van der Waals surface area contributed by atoms with Gasteiger partial charge in [-0.3, -0.25) is 4.79 Å². The highest BCUT2D eigenvalue weighted by Gasteiger charge is 2.24. The summed E-state index contributed by atoms with van der Waals surface area (Å²) in [6, 6.07) is 8.55. The quantitative estimate of drug-likeness (QED) is 0.835. The fraction of sp³-hybridized carbons (Fsp3) is 0.312. The summed E-state index contributed by atoms with van der Waals surface area (Å²) >= 11 is 12.0. The van der Waals surface area contributed by atoms with Crippen molar-refractivity contribution in [1.82, 2.24) is 15.1 Å². The van der Waals surface area contributed by atoms with Crippen LogP contribution in [0.3, 0.4) is 0 Å². The molecule has 0 atom stereocenters. The molecule has 2 heterocycles. The Morgan fingerprint density at radius 2 is 1.83 bits per heavy atom. The fourth-order valence-electron chi connectivity index (χ4n) is 2.56. The van der Waals surface area contributed by atoms with Gasteiger partial charge in [-0.15, -0.1) is 10.2 Å². The summed E-state index contributed by atoms with van der Waals surface area (Å²) in [5, 5.41) is 8.99. The number of aromatic nitrogens is 2. The van der Waals surface area contributed by atoms with Crippen molar-refractivity contribution in [3.05, 3.63) is 45.9 Å². The van der Waals surface area contributed by atoms with Gasteiger partial charge in [-0.1, -0.05) is 23.2 Å². The molecule has 0 spiro atoms. The molecule has 0 aliphatic carbocycles. The van der Waals surface area contributed by atoms with Gasteiger partial charge in [0.15, 0.2) is 5.82 Å². The molecule has 0 unspecified atom stereocenters. The minimum atomic E-state index is -0.0860. The van der Waals surface area contributed by atoms with Gasteiger partial charge in [0.1, 0.15) is 0 Å². The second-order valence-electron chi connectivity index (χ2n) is 5.34. The number of carbonyl (C=O) groups excluding carboxylic acids is 1. The van der Waals surface area contributed by atoms with E-state index in [4.69, 9.17) is 27.9 Å². The van der Waals surface area contributed by atoms with E-state index in [1.807, 2.05) is 6.07 Å². The summed E-state index contributed by atoms with van der Waals surface area (Å²) in [4.78, 5) is 16.5. The number of ether oxygens (including phenoxy) is 1. The van der Waals surface area contributed by atoms with Gasteiger partial charge in [0.25, 0.3) is 5.91 Å². The summed E-state index contributed by atoms with van der Waals surface area (Å²) in [5.74, 6) is 1.16. The minimum absolute atomic E-state index is 0.0860. The SMILES string of the molecule is COc1ccc(N2CCN(C(=O)c3ccc(Cl)cc3Cl)CC2)nn1. The molecular weight excluding hydrogens is 351 g/mol. The van der Waals surface area contributed by atoms with E-state index >= 15 is 0 Å². The number of piperazine rings is 1. The number of carbonyl (C=O) groups is 1. The number of methoxy groups -OCH3 is 1. The van der Waals surface area contributed by atoms with E-state index in [1.54, 1.807) is 36.3 Å². The number of hydrogen-bond donors (Lipinski definition) is 0. The normalized spacial score (nSPS) is 14.6. The third-order valence-electron chi connectivity index (χ3n) is 3.89. The van der Waals surface area contributed by atoms with Gasteiger partial charge < -0.3 is 14.5 Å². The van der Waals surface area contributed by atoms with Gasteiger partial charge in [-0.05, 0) is 24.3 Å². The minimum Gasteiger partial charge on any atom is -0.480 e. The standard InChI is InChI=1S/C16H16Cl2N4O2/c1-24-15-5-4-14(19-20-15)21-6-8-22(9-7-21)16(23)12-3-2-11(17)10-13(12)18/h2-5,10H,6-9H2,1H3. The zero-order valence-corrected chi connectivity index (χ0v) is 14.6. The van der Waals surface area contributed by atoms with Crippen molar-refractivity contribution in [3.63, 3.8) is 0 Å². The number of amides is 1. The Labute approximate surface area is 149 Å². The third kappa shape index (κ3) is 3.55. The summed E-state index contributed by atoms with van der Waals surface area (Å²) in [7, 11) is 1.55. The maximum Gasteiger partial charge on any atom is 0.255 e. The smallest absolute Gasteiger partial charge is 0.255 e. The first-order valence-corrected chi connectivity index (χ1v) is 8.21. The van der Waals surface area contributed by atoms with Crippen LogP contribution in [0.25, 0.3) is 0 Å². The number of halogens is 2. The Bertz CT molecular complexity index is 731. The molecule has 6 nitrogen and oxygen atoms in total. The molecule has 1 aromatic carbocycles. The molecule has 1 amide bonds. The number of rotatable bonds is 3. The van der Waals surface area contributed by atoms with E-state index in [-0.39, 0.29) is 5.91 Å². The number of anilines is 1. The molecule has 126 valence electrons. The summed E-state index contributed by atoms with van der Waals surface area (Å²) in [6.07, 6.45) is 0. The van der Waals surface area contributed by atoms with Gasteiger partial charge in [0, 0.05) is 37.3 Å². The van der Waals surface area contributed by atoms with Crippen LogP contribution in [0.2, 0.25) is 10.0 Å². The van der Waals surface area contributed by atoms with Crippen LogP contribution in [0, 0.1) is 0 Å². The second kappa shape index (κ2) is 7.23. The van der Waals surface area contributed by atoms with Crippen LogP contribution >= 0.6 is 23.2 Å². The van der Waals surface area contributed by atoms with E-state index in [1.165, 1.54) is 0 Å². The van der Waals surface area contributed by atoms with Crippen molar-refractivity contribution in [2.75, 3.05) is 38.2 Å². The molecule has 0 bridgehead atoms. The third-order valence-corrected chi connectivity index (χ3v) is 4.44. The highest BCUT2D eigenvalue weighted by atomic mass is 35.5. The topological polar surface area (TPSA) is 58.6 Å². The Hall–Kier alpha value is -2.05. The van der Waals surface area contributed by atoms with Gasteiger partial charge in [0.2, 0.25) is 5.88 Å². The van der Waals surface area contributed by atoms with E-state index in [2.05, 4.69) is 15.1 Å². The molecule has 1 aliphatic rings. The zero-order valence-electron chi connectivity index (χ0n) is 13.1. The predicted molar refractivity (Wildman–Crippen MR) is 93.2 cm³/mol. The average Bonchev–Trinajstić information content (AvgIpc) is 2.61. The van der Waals surface area contributed by atoms with E-state index in [0.717, 1.165) is 5.82 Å². The van der Waals surface area contributed by atoms with Gasteiger partial charge in [-0.2, -0.15) is 0 Å². The predicted octanol–water partition coefficient (Wildman–Crippen LogP) is 2.75. The average molecular weight is 367 g/mol. The van der Waals surface area contributed by atoms with Crippen molar-refractivity contribution < 1.29 is 9.53 Å². The van der Waals surface area contributed by atoms with E-state index in [0.29, 0.717) is 47.7 Å². The lowest BCUT2D eigenvalue weighted by Crippen LogP contribution is -2.49. The maximum absolute atomic E-state index is 12.6. The van der Waals surface area contributed by atoms with E-state index in [9.17, 15) is 4.79 Å². The maximum atomic E-state index is 12.6. The fourth-order valence-corrected chi connectivity index (χ4v) is 3.05. The largest absolute Gasteiger partial charge is 0.480 e. The van der Waals surface area contributed by atoms with Crippen molar-refractivity contribution in [1.29, 1.82) is 0 Å². The molecule has 0 N–H and O–H groups in total. The highest BCUT2D eigenvalue weighted by molar-refractivity contribution is 6.36. The molecule has 1 aromatic heterocycles. The molecule has 8 heteroatoms. The first-order chi connectivity index (χ1) is 11.6. The summed E-state index contributed by atoms with van der Waals surface area (Å²) in [5.41, 5.74) is 0.471. The van der Waals surface area contributed by atoms with Crippen molar-refractivity contribution >= 4 is 34.9 Å².